The van der Waals surface area contributed by atoms with Crippen LogP contribution in [-0.2, 0) is 0 Å². The molecule has 0 saturated carbocycles. The average molecular weight is 370 g/mol. The molecule has 0 saturated heterocycles. The lowest BCUT2D eigenvalue weighted by Crippen LogP contribution is -2.19. The van der Waals surface area contributed by atoms with Crippen molar-refractivity contribution in [1.29, 1.82) is 0 Å². The van der Waals surface area contributed by atoms with Crippen molar-refractivity contribution < 1.29 is 14.6 Å². The van der Waals surface area contributed by atoms with Gasteiger partial charge in [0.15, 0.2) is 0 Å². The summed E-state index contributed by atoms with van der Waals surface area (Å²) in [7, 11) is 1.63. The first kappa shape index (κ1) is 14.7. The molecule has 21 heavy (non-hydrogen) atoms. The van der Waals surface area contributed by atoms with Crippen LogP contribution in [0, 0.1) is 0 Å². The van der Waals surface area contributed by atoms with Crippen LogP contribution < -0.4 is 9.47 Å². The molecule has 3 rings (SSSR count). The third kappa shape index (κ3) is 2.89. The van der Waals surface area contributed by atoms with Crippen molar-refractivity contribution in [3.05, 3.63) is 57.0 Å². The first-order chi connectivity index (χ1) is 10.1. The fraction of sp³-hybridized carbons (Fsp3) is 0.250. The second-order valence-corrected chi connectivity index (χ2v) is 6.22. The molecule has 0 radical (unpaired) electrons. The van der Waals surface area contributed by atoms with Crippen LogP contribution in [0.2, 0.25) is 5.02 Å². The summed E-state index contributed by atoms with van der Waals surface area (Å²) in [5.41, 5.74) is 1.73. The van der Waals surface area contributed by atoms with Gasteiger partial charge in [-0.3, -0.25) is 0 Å². The van der Waals surface area contributed by atoms with Gasteiger partial charge in [0, 0.05) is 17.0 Å². The average Bonchev–Trinajstić information content (AvgIpc) is 2.47. The molecule has 1 N–H and O–H groups in total. The van der Waals surface area contributed by atoms with Crippen molar-refractivity contribution in [3.8, 4) is 11.5 Å². The summed E-state index contributed by atoms with van der Waals surface area (Å²) >= 11 is 9.43. The van der Waals surface area contributed by atoms with Crippen LogP contribution in [0.5, 0.6) is 11.5 Å². The van der Waals surface area contributed by atoms with E-state index in [0.29, 0.717) is 17.2 Å². The molecule has 0 bridgehead atoms. The minimum atomic E-state index is -0.585. The molecule has 5 heteroatoms. The lowest BCUT2D eigenvalue weighted by Gasteiger charge is -2.30. The van der Waals surface area contributed by atoms with Crippen molar-refractivity contribution in [1.82, 2.24) is 0 Å². The second-order valence-electron chi connectivity index (χ2n) is 4.93. The van der Waals surface area contributed by atoms with E-state index in [-0.39, 0.29) is 6.10 Å². The normalized spacial score (nSPS) is 20.6. The van der Waals surface area contributed by atoms with Gasteiger partial charge < -0.3 is 14.6 Å². The number of aliphatic hydroxyl groups is 1. The van der Waals surface area contributed by atoms with Gasteiger partial charge in [-0.05, 0) is 51.8 Å². The van der Waals surface area contributed by atoms with Crippen LogP contribution >= 0.6 is 27.5 Å². The van der Waals surface area contributed by atoms with Crippen LogP contribution in [0.25, 0.3) is 0 Å². The lowest BCUT2D eigenvalue weighted by molar-refractivity contribution is 0.0657. The van der Waals surface area contributed by atoms with E-state index in [4.69, 9.17) is 21.1 Å². The van der Waals surface area contributed by atoms with E-state index >= 15 is 0 Å². The minimum Gasteiger partial charge on any atom is -0.496 e. The van der Waals surface area contributed by atoms with Gasteiger partial charge in [-0.25, -0.2) is 0 Å². The van der Waals surface area contributed by atoms with E-state index in [0.717, 1.165) is 21.3 Å². The number of methoxy groups -OCH3 is 1. The molecule has 0 aliphatic carbocycles. The molecule has 110 valence electrons. The van der Waals surface area contributed by atoms with Gasteiger partial charge in [0.1, 0.15) is 17.6 Å². The number of fused-ring (bicyclic) bond motifs is 1. The minimum absolute atomic E-state index is 0.198. The Morgan fingerprint density at radius 2 is 2.10 bits per heavy atom. The summed E-state index contributed by atoms with van der Waals surface area (Å²) in [6.45, 7) is 0. The molecule has 3 nitrogen and oxygen atoms in total. The number of ether oxygens (including phenoxy) is 2. The van der Waals surface area contributed by atoms with Gasteiger partial charge in [0.05, 0.1) is 17.7 Å². The molecule has 1 heterocycles. The van der Waals surface area contributed by atoms with Gasteiger partial charge in [-0.15, -0.1) is 0 Å². The zero-order chi connectivity index (χ0) is 15.0. The molecular formula is C16H14BrClO3. The van der Waals surface area contributed by atoms with Crippen LogP contribution in [-0.4, -0.2) is 12.2 Å². The predicted molar refractivity (Wildman–Crippen MR) is 85.1 cm³/mol. The Morgan fingerprint density at radius 3 is 2.81 bits per heavy atom. The second kappa shape index (κ2) is 5.87. The summed E-state index contributed by atoms with van der Waals surface area (Å²) in [6, 6.07) is 11.1. The van der Waals surface area contributed by atoms with Gasteiger partial charge in [0.2, 0.25) is 0 Å². The summed E-state index contributed by atoms with van der Waals surface area (Å²) in [6.07, 6.45) is -0.291. The Bertz CT molecular complexity index is 675. The standard InChI is InChI=1S/C16H14BrClO3/c1-20-15-4-2-9(6-12(15)17)16-8-13(19)11-7-10(18)3-5-14(11)21-16/h2-7,13,16,19H,8H2,1H3/t13-,16?/m1/s1. The van der Waals surface area contributed by atoms with Gasteiger partial charge in [-0.2, -0.15) is 0 Å². The molecule has 0 spiro atoms. The van der Waals surface area contributed by atoms with Crippen LogP contribution in [0.3, 0.4) is 0 Å². The van der Waals surface area contributed by atoms with E-state index in [1.54, 1.807) is 25.3 Å². The van der Waals surface area contributed by atoms with Gasteiger partial charge in [-0.1, -0.05) is 17.7 Å². The zero-order valence-corrected chi connectivity index (χ0v) is 13.7. The maximum absolute atomic E-state index is 10.3. The molecule has 0 amide bonds. The highest BCUT2D eigenvalue weighted by atomic mass is 79.9. The zero-order valence-electron chi connectivity index (χ0n) is 11.3. The van der Waals surface area contributed by atoms with Crippen molar-refractivity contribution in [2.24, 2.45) is 0 Å². The summed E-state index contributed by atoms with van der Waals surface area (Å²) in [5.74, 6) is 1.44. The van der Waals surface area contributed by atoms with E-state index in [9.17, 15) is 5.11 Å². The van der Waals surface area contributed by atoms with E-state index in [1.165, 1.54) is 0 Å². The Kier molecular flexibility index (Phi) is 4.11. The Balaban J connectivity index is 1.92. The highest BCUT2D eigenvalue weighted by molar-refractivity contribution is 9.10. The highest BCUT2D eigenvalue weighted by Crippen LogP contribution is 2.42. The van der Waals surface area contributed by atoms with E-state index < -0.39 is 6.10 Å². The smallest absolute Gasteiger partial charge is 0.133 e. The third-order valence-electron chi connectivity index (χ3n) is 3.59. The van der Waals surface area contributed by atoms with E-state index in [2.05, 4.69) is 15.9 Å². The number of aliphatic hydroxyl groups excluding tert-OH is 1. The van der Waals surface area contributed by atoms with Crippen LogP contribution in [0.4, 0.5) is 0 Å². The SMILES string of the molecule is COc1ccc(C2C[C@@H](O)c3cc(Cl)ccc3O2)cc1Br. The highest BCUT2D eigenvalue weighted by Gasteiger charge is 2.28. The van der Waals surface area contributed by atoms with Crippen molar-refractivity contribution in [2.45, 2.75) is 18.6 Å². The number of hydrogen-bond donors (Lipinski definition) is 1. The molecule has 2 atom stereocenters. The first-order valence-corrected chi connectivity index (χ1v) is 7.73. The largest absolute Gasteiger partial charge is 0.496 e. The Morgan fingerprint density at radius 1 is 1.29 bits per heavy atom. The molecular weight excluding hydrogens is 356 g/mol. The van der Waals surface area contributed by atoms with Crippen molar-refractivity contribution in [3.63, 3.8) is 0 Å². The third-order valence-corrected chi connectivity index (χ3v) is 4.44. The van der Waals surface area contributed by atoms with Crippen molar-refractivity contribution in [2.75, 3.05) is 7.11 Å². The maximum Gasteiger partial charge on any atom is 0.133 e. The number of benzene rings is 2. The quantitative estimate of drug-likeness (QED) is 0.836. The lowest BCUT2D eigenvalue weighted by atomic mass is 9.95. The van der Waals surface area contributed by atoms with Crippen LogP contribution in [0.1, 0.15) is 29.8 Å². The molecule has 2 aromatic carbocycles. The first-order valence-electron chi connectivity index (χ1n) is 6.56. The topological polar surface area (TPSA) is 38.7 Å². The Hall–Kier alpha value is -1.23. The monoisotopic (exact) mass is 368 g/mol. The molecule has 0 aromatic heterocycles. The molecule has 0 fully saturated rings. The number of halogens is 2. The maximum atomic E-state index is 10.3. The summed E-state index contributed by atoms with van der Waals surface area (Å²) in [4.78, 5) is 0. The van der Waals surface area contributed by atoms with Gasteiger partial charge in [0.25, 0.3) is 0 Å². The summed E-state index contributed by atoms with van der Waals surface area (Å²) in [5, 5.41) is 10.9. The van der Waals surface area contributed by atoms with Gasteiger partial charge >= 0.3 is 0 Å². The Labute approximate surface area is 136 Å². The van der Waals surface area contributed by atoms with E-state index in [1.807, 2.05) is 18.2 Å². The molecule has 2 aromatic rings. The fourth-order valence-electron chi connectivity index (χ4n) is 2.51. The summed E-state index contributed by atoms with van der Waals surface area (Å²) < 4.78 is 12.1. The fourth-order valence-corrected chi connectivity index (χ4v) is 3.24. The van der Waals surface area contributed by atoms with Crippen molar-refractivity contribution >= 4 is 27.5 Å². The number of rotatable bonds is 2. The molecule has 1 aliphatic heterocycles. The molecule has 1 aliphatic rings. The van der Waals surface area contributed by atoms with Crippen LogP contribution in [0.15, 0.2) is 40.9 Å². The number of hydrogen-bond acceptors (Lipinski definition) is 3. The molecule has 1 unspecified atom stereocenters. The predicted octanol–water partition coefficient (Wildman–Crippen LogP) is 4.67.